The zero-order valence-electron chi connectivity index (χ0n) is 10.2. The second-order valence-corrected chi connectivity index (χ2v) is 4.43. The van der Waals surface area contributed by atoms with Gasteiger partial charge in [0, 0.05) is 7.05 Å². The quantitative estimate of drug-likeness (QED) is 0.948. The van der Waals surface area contributed by atoms with Gasteiger partial charge in [0.05, 0.1) is 16.9 Å². The van der Waals surface area contributed by atoms with Crippen LogP contribution >= 0.6 is 11.6 Å². The number of aromatic nitrogens is 2. The first kappa shape index (κ1) is 14.7. The summed E-state index contributed by atoms with van der Waals surface area (Å²) < 4.78 is 41.2. The SMILES string of the molecule is Cn1ncc(Cl)c1C(O)c1ccc(OC(F)(F)F)cc1. The van der Waals surface area contributed by atoms with Crippen molar-refractivity contribution in [2.24, 2.45) is 7.05 Å². The van der Waals surface area contributed by atoms with E-state index in [4.69, 9.17) is 11.6 Å². The largest absolute Gasteiger partial charge is 0.573 e. The van der Waals surface area contributed by atoms with Crippen molar-refractivity contribution in [1.82, 2.24) is 9.78 Å². The third-order valence-corrected chi connectivity index (χ3v) is 2.92. The Hall–Kier alpha value is -1.73. The summed E-state index contributed by atoms with van der Waals surface area (Å²) in [6.45, 7) is 0. The van der Waals surface area contributed by atoms with Gasteiger partial charge in [-0.05, 0) is 17.7 Å². The fourth-order valence-corrected chi connectivity index (χ4v) is 2.01. The van der Waals surface area contributed by atoms with Gasteiger partial charge in [-0.1, -0.05) is 23.7 Å². The molecule has 1 aromatic heterocycles. The molecule has 0 radical (unpaired) electrons. The van der Waals surface area contributed by atoms with E-state index in [-0.39, 0.29) is 10.8 Å². The molecule has 1 unspecified atom stereocenters. The standard InChI is InChI=1S/C12H10ClF3N2O2/c1-18-10(9(13)6-17-18)11(19)7-2-4-8(5-3-7)20-12(14,15)16/h2-6,11,19H,1H3. The van der Waals surface area contributed by atoms with Gasteiger partial charge in [-0.15, -0.1) is 13.2 Å². The van der Waals surface area contributed by atoms with Gasteiger partial charge >= 0.3 is 6.36 Å². The van der Waals surface area contributed by atoms with Crippen LogP contribution in [0.25, 0.3) is 0 Å². The fraction of sp³-hybridized carbons (Fsp3) is 0.250. The maximum absolute atomic E-state index is 12.0. The number of hydrogen-bond donors (Lipinski definition) is 1. The van der Waals surface area contributed by atoms with Crippen LogP contribution < -0.4 is 4.74 Å². The molecule has 0 saturated heterocycles. The molecule has 0 bridgehead atoms. The monoisotopic (exact) mass is 306 g/mol. The summed E-state index contributed by atoms with van der Waals surface area (Å²) in [4.78, 5) is 0. The van der Waals surface area contributed by atoms with Crippen LogP contribution in [-0.4, -0.2) is 21.2 Å². The maximum atomic E-state index is 12.0. The number of hydrogen-bond acceptors (Lipinski definition) is 3. The smallest absolute Gasteiger partial charge is 0.406 e. The Labute approximate surface area is 117 Å². The van der Waals surface area contributed by atoms with Crippen molar-refractivity contribution < 1.29 is 23.0 Å². The van der Waals surface area contributed by atoms with Crippen molar-refractivity contribution in [3.63, 3.8) is 0 Å². The number of benzene rings is 1. The molecule has 20 heavy (non-hydrogen) atoms. The van der Waals surface area contributed by atoms with Gasteiger partial charge in [0.25, 0.3) is 0 Å². The lowest BCUT2D eigenvalue weighted by atomic mass is 10.1. The minimum Gasteiger partial charge on any atom is -0.406 e. The van der Waals surface area contributed by atoms with E-state index in [1.807, 2.05) is 0 Å². The molecule has 0 aliphatic carbocycles. The van der Waals surface area contributed by atoms with E-state index in [0.29, 0.717) is 11.3 Å². The third kappa shape index (κ3) is 3.23. The summed E-state index contributed by atoms with van der Waals surface area (Å²) in [6, 6.07) is 4.90. The highest BCUT2D eigenvalue weighted by molar-refractivity contribution is 6.31. The number of aliphatic hydroxyl groups excluding tert-OH is 1. The molecular weight excluding hydrogens is 297 g/mol. The van der Waals surface area contributed by atoms with Crippen LogP contribution in [0.4, 0.5) is 13.2 Å². The van der Waals surface area contributed by atoms with Crippen molar-refractivity contribution in [1.29, 1.82) is 0 Å². The minimum absolute atomic E-state index is 0.274. The van der Waals surface area contributed by atoms with Gasteiger partial charge in [-0.2, -0.15) is 5.10 Å². The second kappa shape index (κ2) is 5.34. The van der Waals surface area contributed by atoms with Crippen molar-refractivity contribution in [3.8, 4) is 5.75 Å². The molecule has 0 aliphatic heterocycles. The zero-order valence-corrected chi connectivity index (χ0v) is 11.0. The van der Waals surface area contributed by atoms with E-state index in [0.717, 1.165) is 12.1 Å². The predicted molar refractivity (Wildman–Crippen MR) is 65.4 cm³/mol. The van der Waals surface area contributed by atoms with E-state index < -0.39 is 12.5 Å². The highest BCUT2D eigenvalue weighted by atomic mass is 35.5. The van der Waals surface area contributed by atoms with Crippen molar-refractivity contribution in [3.05, 3.63) is 46.7 Å². The maximum Gasteiger partial charge on any atom is 0.573 e. The molecule has 1 N–H and O–H groups in total. The predicted octanol–water partition coefficient (Wildman–Crippen LogP) is 3.05. The van der Waals surface area contributed by atoms with Crippen LogP contribution in [0.1, 0.15) is 17.4 Å². The first-order valence-electron chi connectivity index (χ1n) is 5.49. The number of aliphatic hydroxyl groups is 1. The molecule has 108 valence electrons. The van der Waals surface area contributed by atoms with Gasteiger partial charge < -0.3 is 9.84 Å². The first-order chi connectivity index (χ1) is 9.28. The Morgan fingerprint density at radius 2 is 1.90 bits per heavy atom. The molecule has 0 aliphatic rings. The third-order valence-electron chi connectivity index (χ3n) is 2.63. The Balaban J connectivity index is 2.22. The Bertz CT molecular complexity index is 576. The topological polar surface area (TPSA) is 47.3 Å². The van der Waals surface area contributed by atoms with Crippen LogP contribution in [0, 0.1) is 0 Å². The van der Waals surface area contributed by atoms with Crippen LogP contribution in [-0.2, 0) is 7.05 Å². The molecular formula is C12H10ClF3N2O2. The minimum atomic E-state index is -4.74. The van der Waals surface area contributed by atoms with Gasteiger partial charge in [-0.3, -0.25) is 4.68 Å². The molecule has 0 saturated carbocycles. The normalized spacial score (nSPS) is 13.3. The summed E-state index contributed by atoms with van der Waals surface area (Å²) >= 11 is 5.89. The lowest BCUT2D eigenvalue weighted by Crippen LogP contribution is -2.17. The van der Waals surface area contributed by atoms with Crippen molar-refractivity contribution in [2.75, 3.05) is 0 Å². The average molecular weight is 307 g/mol. The molecule has 0 spiro atoms. The van der Waals surface area contributed by atoms with E-state index in [1.54, 1.807) is 7.05 Å². The Kier molecular flexibility index (Phi) is 3.92. The number of aryl methyl sites for hydroxylation is 1. The van der Waals surface area contributed by atoms with Crippen LogP contribution in [0.5, 0.6) is 5.75 Å². The molecule has 0 amide bonds. The lowest BCUT2D eigenvalue weighted by molar-refractivity contribution is -0.274. The summed E-state index contributed by atoms with van der Waals surface area (Å²) in [5, 5.41) is 14.3. The highest BCUT2D eigenvalue weighted by Gasteiger charge is 2.31. The zero-order chi connectivity index (χ0) is 14.9. The van der Waals surface area contributed by atoms with Gasteiger partial charge in [-0.25, -0.2) is 0 Å². The van der Waals surface area contributed by atoms with Gasteiger partial charge in [0.1, 0.15) is 11.9 Å². The van der Waals surface area contributed by atoms with E-state index >= 15 is 0 Å². The van der Waals surface area contributed by atoms with Crippen LogP contribution in [0.15, 0.2) is 30.5 Å². The second-order valence-electron chi connectivity index (χ2n) is 4.02. The molecule has 4 nitrogen and oxygen atoms in total. The molecule has 0 fully saturated rings. The molecule has 2 rings (SSSR count). The molecule has 1 aromatic carbocycles. The van der Waals surface area contributed by atoms with Crippen LogP contribution in [0.3, 0.4) is 0 Å². The molecule has 1 heterocycles. The van der Waals surface area contributed by atoms with Crippen molar-refractivity contribution >= 4 is 11.6 Å². The first-order valence-corrected chi connectivity index (χ1v) is 5.87. The van der Waals surface area contributed by atoms with Crippen molar-refractivity contribution in [2.45, 2.75) is 12.5 Å². The fourth-order valence-electron chi connectivity index (χ4n) is 1.74. The molecule has 8 heteroatoms. The number of nitrogens with zero attached hydrogens (tertiary/aromatic N) is 2. The summed E-state index contributed by atoms with van der Waals surface area (Å²) in [5.74, 6) is -0.357. The summed E-state index contributed by atoms with van der Waals surface area (Å²) in [7, 11) is 1.60. The van der Waals surface area contributed by atoms with Crippen LogP contribution in [0.2, 0.25) is 5.02 Å². The Morgan fingerprint density at radius 1 is 1.30 bits per heavy atom. The summed E-state index contributed by atoms with van der Waals surface area (Å²) in [6.07, 6.45) is -4.46. The number of alkyl halides is 3. The Morgan fingerprint density at radius 3 is 2.35 bits per heavy atom. The number of halogens is 4. The van der Waals surface area contributed by atoms with Gasteiger partial charge in [0.15, 0.2) is 0 Å². The number of rotatable bonds is 3. The molecule has 1 atom stereocenters. The van der Waals surface area contributed by atoms with E-state index in [2.05, 4.69) is 9.84 Å². The van der Waals surface area contributed by atoms with E-state index in [9.17, 15) is 18.3 Å². The lowest BCUT2D eigenvalue weighted by Gasteiger charge is -2.13. The molecule has 2 aromatic rings. The van der Waals surface area contributed by atoms with E-state index in [1.165, 1.54) is 23.0 Å². The summed E-state index contributed by atoms with van der Waals surface area (Å²) in [5.41, 5.74) is 0.737. The average Bonchev–Trinajstić information content (AvgIpc) is 2.67. The highest BCUT2D eigenvalue weighted by Crippen LogP contribution is 2.29. The number of ether oxygens (including phenoxy) is 1. The van der Waals surface area contributed by atoms with Gasteiger partial charge in [0.2, 0.25) is 0 Å².